The average Bonchev–Trinajstić information content (AvgIpc) is 2.53. The van der Waals surface area contributed by atoms with Gasteiger partial charge in [-0.25, -0.2) is 0 Å². The van der Waals surface area contributed by atoms with Crippen LogP contribution in [-0.4, -0.2) is 13.2 Å². The van der Waals surface area contributed by atoms with Gasteiger partial charge in [0.1, 0.15) is 5.75 Å². The fraction of sp³-hybridized carbons (Fsp3) is 0.684. The van der Waals surface area contributed by atoms with Crippen molar-refractivity contribution in [3.05, 3.63) is 29.8 Å². The smallest absolute Gasteiger partial charge is 0.123 e. The third kappa shape index (κ3) is 4.23. The first kappa shape index (κ1) is 16.4. The molecule has 1 aliphatic carbocycles. The van der Waals surface area contributed by atoms with Gasteiger partial charge in [-0.05, 0) is 50.0 Å². The molecular formula is C19H31NO. The molecule has 1 fully saturated rings. The Morgan fingerprint density at radius 2 is 1.81 bits per heavy atom. The number of para-hydroxylation sites is 1. The van der Waals surface area contributed by atoms with Gasteiger partial charge in [0, 0.05) is 17.6 Å². The summed E-state index contributed by atoms with van der Waals surface area (Å²) in [6, 6.07) is 9.48. The lowest BCUT2D eigenvalue weighted by Gasteiger charge is -2.34. The highest BCUT2D eigenvalue weighted by Crippen LogP contribution is 2.33. The van der Waals surface area contributed by atoms with Crippen molar-refractivity contribution in [2.75, 3.05) is 7.11 Å². The van der Waals surface area contributed by atoms with E-state index in [-0.39, 0.29) is 0 Å². The topological polar surface area (TPSA) is 21.3 Å². The number of methoxy groups -OCH3 is 1. The minimum atomic E-state index is 0.404. The first-order valence-electron chi connectivity index (χ1n) is 8.54. The number of ether oxygens (including phenoxy) is 1. The Balaban J connectivity index is 1.97. The van der Waals surface area contributed by atoms with Gasteiger partial charge in [0.25, 0.3) is 0 Å². The van der Waals surface area contributed by atoms with Gasteiger partial charge in [0.15, 0.2) is 0 Å². The quantitative estimate of drug-likeness (QED) is 0.800. The van der Waals surface area contributed by atoms with Gasteiger partial charge in [-0.2, -0.15) is 0 Å². The molecule has 2 heteroatoms. The largest absolute Gasteiger partial charge is 0.496 e. The SMILES string of the molecule is CCC(NC1CCC(C(C)C)CC1)c1ccccc1OC. The van der Waals surface area contributed by atoms with Crippen LogP contribution in [0, 0.1) is 11.8 Å². The molecule has 2 rings (SSSR count). The molecule has 1 aromatic carbocycles. The van der Waals surface area contributed by atoms with E-state index >= 15 is 0 Å². The Hall–Kier alpha value is -1.02. The lowest BCUT2D eigenvalue weighted by Crippen LogP contribution is -2.36. The highest BCUT2D eigenvalue weighted by Gasteiger charge is 2.25. The summed E-state index contributed by atoms with van der Waals surface area (Å²) >= 11 is 0. The number of benzene rings is 1. The molecule has 118 valence electrons. The van der Waals surface area contributed by atoms with Crippen molar-refractivity contribution in [1.82, 2.24) is 5.32 Å². The first-order valence-corrected chi connectivity index (χ1v) is 8.54. The molecule has 0 spiro atoms. The summed E-state index contributed by atoms with van der Waals surface area (Å²) in [6.45, 7) is 6.98. The standard InChI is InChI=1S/C19H31NO/c1-5-18(17-8-6-7-9-19(17)21-4)20-16-12-10-15(11-13-16)14(2)3/h6-9,14-16,18,20H,5,10-13H2,1-4H3. The van der Waals surface area contributed by atoms with Crippen LogP contribution in [0.3, 0.4) is 0 Å². The van der Waals surface area contributed by atoms with Crippen LogP contribution >= 0.6 is 0 Å². The van der Waals surface area contributed by atoms with Crippen LogP contribution in [0.5, 0.6) is 5.75 Å². The lowest BCUT2D eigenvalue weighted by atomic mass is 9.79. The van der Waals surface area contributed by atoms with Crippen molar-refractivity contribution >= 4 is 0 Å². The monoisotopic (exact) mass is 289 g/mol. The molecule has 0 amide bonds. The molecule has 2 nitrogen and oxygen atoms in total. The van der Waals surface area contributed by atoms with Gasteiger partial charge in [0.05, 0.1) is 7.11 Å². The van der Waals surface area contributed by atoms with Crippen LogP contribution in [0.4, 0.5) is 0 Å². The van der Waals surface area contributed by atoms with Crippen molar-refractivity contribution in [2.24, 2.45) is 11.8 Å². The highest BCUT2D eigenvalue weighted by atomic mass is 16.5. The molecule has 1 atom stereocenters. The second kappa shape index (κ2) is 7.84. The summed E-state index contributed by atoms with van der Waals surface area (Å²) in [6.07, 6.45) is 6.48. The van der Waals surface area contributed by atoms with Crippen molar-refractivity contribution in [2.45, 2.75) is 65.0 Å². The van der Waals surface area contributed by atoms with Crippen LogP contribution in [0.1, 0.15) is 64.5 Å². The minimum Gasteiger partial charge on any atom is -0.496 e. The Labute approximate surface area is 130 Å². The number of hydrogen-bond acceptors (Lipinski definition) is 2. The Kier molecular flexibility index (Phi) is 6.10. The molecular weight excluding hydrogens is 258 g/mol. The van der Waals surface area contributed by atoms with Gasteiger partial charge in [-0.1, -0.05) is 39.0 Å². The van der Waals surface area contributed by atoms with Gasteiger partial charge >= 0.3 is 0 Å². The van der Waals surface area contributed by atoms with E-state index < -0.39 is 0 Å². The second-order valence-corrected chi connectivity index (χ2v) is 6.73. The molecule has 0 heterocycles. The van der Waals surface area contributed by atoms with Crippen molar-refractivity contribution in [1.29, 1.82) is 0 Å². The van der Waals surface area contributed by atoms with E-state index in [4.69, 9.17) is 4.74 Å². The maximum Gasteiger partial charge on any atom is 0.123 e. The van der Waals surface area contributed by atoms with E-state index in [1.165, 1.54) is 31.2 Å². The molecule has 1 saturated carbocycles. The average molecular weight is 289 g/mol. The highest BCUT2D eigenvalue weighted by molar-refractivity contribution is 5.35. The Morgan fingerprint density at radius 1 is 1.14 bits per heavy atom. The number of rotatable bonds is 6. The van der Waals surface area contributed by atoms with Gasteiger partial charge in [0.2, 0.25) is 0 Å². The zero-order valence-electron chi connectivity index (χ0n) is 14.1. The van der Waals surface area contributed by atoms with Crippen molar-refractivity contribution in [3.63, 3.8) is 0 Å². The minimum absolute atomic E-state index is 0.404. The second-order valence-electron chi connectivity index (χ2n) is 6.73. The van der Waals surface area contributed by atoms with E-state index in [1.807, 2.05) is 6.07 Å². The van der Waals surface area contributed by atoms with Gasteiger partial charge < -0.3 is 10.1 Å². The zero-order valence-corrected chi connectivity index (χ0v) is 14.1. The normalized spacial score (nSPS) is 24.0. The molecule has 0 radical (unpaired) electrons. The summed E-state index contributed by atoms with van der Waals surface area (Å²) in [4.78, 5) is 0. The van der Waals surface area contributed by atoms with Crippen LogP contribution in [0.15, 0.2) is 24.3 Å². The Morgan fingerprint density at radius 3 is 2.38 bits per heavy atom. The van der Waals surface area contributed by atoms with Gasteiger partial charge in [-0.3, -0.25) is 0 Å². The maximum atomic E-state index is 5.53. The zero-order chi connectivity index (χ0) is 15.2. The summed E-state index contributed by atoms with van der Waals surface area (Å²) in [5.41, 5.74) is 1.30. The fourth-order valence-electron chi connectivity index (χ4n) is 3.62. The predicted molar refractivity (Wildman–Crippen MR) is 89.7 cm³/mol. The number of nitrogens with one attached hydrogen (secondary N) is 1. The summed E-state index contributed by atoms with van der Waals surface area (Å²) < 4.78 is 5.53. The lowest BCUT2D eigenvalue weighted by molar-refractivity contribution is 0.226. The summed E-state index contributed by atoms with van der Waals surface area (Å²) in [7, 11) is 1.76. The van der Waals surface area contributed by atoms with E-state index in [9.17, 15) is 0 Å². The van der Waals surface area contributed by atoms with Gasteiger partial charge in [-0.15, -0.1) is 0 Å². The summed E-state index contributed by atoms with van der Waals surface area (Å²) in [5, 5.41) is 3.88. The molecule has 0 bridgehead atoms. The molecule has 1 aromatic rings. The van der Waals surface area contributed by atoms with Crippen LogP contribution in [0.25, 0.3) is 0 Å². The van der Waals surface area contributed by atoms with Crippen molar-refractivity contribution in [3.8, 4) is 5.75 Å². The molecule has 1 unspecified atom stereocenters. The molecule has 0 aliphatic heterocycles. The van der Waals surface area contributed by atoms with Crippen LogP contribution in [0.2, 0.25) is 0 Å². The Bertz CT molecular complexity index is 421. The molecule has 1 N–H and O–H groups in total. The molecule has 1 aliphatic rings. The number of hydrogen-bond donors (Lipinski definition) is 1. The van der Waals surface area contributed by atoms with E-state index in [1.54, 1.807) is 7.11 Å². The van der Waals surface area contributed by atoms with E-state index in [0.29, 0.717) is 12.1 Å². The van der Waals surface area contributed by atoms with Crippen molar-refractivity contribution < 1.29 is 4.74 Å². The summed E-state index contributed by atoms with van der Waals surface area (Å²) in [5.74, 6) is 2.77. The third-order valence-corrected chi connectivity index (χ3v) is 5.07. The molecule has 21 heavy (non-hydrogen) atoms. The van der Waals surface area contributed by atoms with Crippen LogP contribution in [-0.2, 0) is 0 Å². The first-order chi connectivity index (χ1) is 10.2. The molecule has 0 aromatic heterocycles. The van der Waals surface area contributed by atoms with E-state index in [0.717, 1.165) is 24.0 Å². The predicted octanol–water partition coefficient (Wildman–Crippen LogP) is 4.95. The third-order valence-electron chi connectivity index (χ3n) is 5.07. The fourth-order valence-corrected chi connectivity index (χ4v) is 3.62. The van der Waals surface area contributed by atoms with Crippen LogP contribution < -0.4 is 10.1 Å². The van der Waals surface area contributed by atoms with E-state index in [2.05, 4.69) is 44.3 Å². The molecule has 0 saturated heterocycles. The maximum absolute atomic E-state index is 5.53.